The van der Waals surface area contributed by atoms with Gasteiger partial charge < -0.3 is 10.0 Å². The largest absolute Gasteiger partial charge is 0.481 e. The van der Waals surface area contributed by atoms with Gasteiger partial charge in [-0.3, -0.25) is 9.59 Å². The summed E-state index contributed by atoms with van der Waals surface area (Å²) in [5, 5.41) is 8.74. The lowest BCUT2D eigenvalue weighted by Crippen LogP contribution is -2.40. The Labute approximate surface area is 118 Å². The third-order valence-electron chi connectivity index (χ3n) is 3.68. The van der Waals surface area contributed by atoms with Gasteiger partial charge in [-0.2, -0.15) is 0 Å². The molecule has 0 aliphatic carbocycles. The zero-order valence-corrected chi connectivity index (χ0v) is 11.7. The lowest BCUT2D eigenvalue weighted by molar-refractivity contribution is -0.137. The first-order chi connectivity index (χ1) is 9.56. The summed E-state index contributed by atoms with van der Waals surface area (Å²) in [5.74, 6) is -0.531. The summed E-state index contributed by atoms with van der Waals surface area (Å²) in [7, 11) is 0. The van der Waals surface area contributed by atoms with Crippen LogP contribution < -0.4 is 0 Å². The Balaban J connectivity index is 1.98. The van der Waals surface area contributed by atoms with Crippen LogP contribution in [0.1, 0.15) is 41.9 Å². The van der Waals surface area contributed by atoms with Gasteiger partial charge in [0.2, 0.25) is 0 Å². The molecule has 1 aromatic rings. The Kier molecular flexibility index (Phi) is 4.71. The van der Waals surface area contributed by atoms with Crippen molar-refractivity contribution < 1.29 is 14.7 Å². The molecule has 2 heterocycles. The van der Waals surface area contributed by atoms with Crippen molar-refractivity contribution >= 4 is 11.9 Å². The van der Waals surface area contributed by atoms with Crippen LogP contribution in [0.15, 0.2) is 18.2 Å². The number of carboxylic acid groups (broad SMARTS) is 1. The van der Waals surface area contributed by atoms with Crippen LogP contribution in [-0.2, 0) is 4.79 Å². The van der Waals surface area contributed by atoms with E-state index in [0.29, 0.717) is 18.7 Å². The molecule has 5 nitrogen and oxygen atoms in total. The third kappa shape index (κ3) is 3.79. The number of aryl methyl sites for hydroxylation is 1. The number of amides is 1. The molecule has 1 aliphatic heterocycles. The number of carbonyl (C=O) groups excluding carboxylic acids is 1. The molecule has 20 heavy (non-hydrogen) atoms. The lowest BCUT2D eigenvalue weighted by Gasteiger charge is -2.32. The number of piperidine rings is 1. The van der Waals surface area contributed by atoms with Crippen LogP contribution >= 0.6 is 0 Å². The van der Waals surface area contributed by atoms with Crippen LogP contribution in [0.25, 0.3) is 0 Å². The van der Waals surface area contributed by atoms with Crippen molar-refractivity contribution in [3.8, 4) is 0 Å². The minimum Gasteiger partial charge on any atom is -0.481 e. The highest BCUT2D eigenvalue weighted by Crippen LogP contribution is 2.22. The number of pyridine rings is 1. The van der Waals surface area contributed by atoms with E-state index in [4.69, 9.17) is 5.11 Å². The number of hydrogen-bond donors (Lipinski definition) is 1. The molecule has 2 rings (SSSR count). The molecule has 5 heteroatoms. The van der Waals surface area contributed by atoms with Gasteiger partial charge >= 0.3 is 5.97 Å². The second-order valence-corrected chi connectivity index (χ2v) is 5.36. The van der Waals surface area contributed by atoms with Gasteiger partial charge in [0.25, 0.3) is 5.91 Å². The van der Waals surface area contributed by atoms with Crippen molar-refractivity contribution in [2.24, 2.45) is 5.92 Å². The number of aliphatic carboxylic acids is 1. The number of nitrogens with zero attached hydrogens (tertiary/aromatic N) is 2. The molecule has 1 unspecified atom stereocenters. The standard InChI is InChI=1S/C15H20N2O3/c1-11-4-2-6-13(16-11)15(20)17-9-3-5-12(10-17)7-8-14(18)19/h2,4,6,12H,3,5,7-10H2,1H3,(H,18,19). The predicted molar refractivity (Wildman–Crippen MR) is 74.5 cm³/mol. The summed E-state index contributed by atoms with van der Waals surface area (Å²) in [6.07, 6.45) is 2.75. The van der Waals surface area contributed by atoms with Crippen LogP contribution in [0.4, 0.5) is 0 Å². The van der Waals surface area contributed by atoms with Gasteiger partial charge in [0.05, 0.1) is 0 Å². The fourth-order valence-electron chi connectivity index (χ4n) is 2.64. The maximum Gasteiger partial charge on any atom is 0.303 e. The van der Waals surface area contributed by atoms with Crippen LogP contribution in [0.2, 0.25) is 0 Å². The van der Waals surface area contributed by atoms with Gasteiger partial charge in [0.15, 0.2) is 0 Å². The number of rotatable bonds is 4. The van der Waals surface area contributed by atoms with Crippen LogP contribution in [-0.4, -0.2) is 40.0 Å². The lowest BCUT2D eigenvalue weighted by atomic mass is 9.93. The van der Waals surface area contributed by atoms with Gasteiger partial charge in [-0.25, -0.2) is 4.98 Å². The van der Waals surface area contributed by atoms with E-state index in [2.05, 4.69) is 4.98 Å². The fraction of sp³-hybridized carbons (Fsp3) is 0.533. The number of hydrogen-bond acceptors (Lipinski definition) is 3. The molecule has 1 fully saturated rings. The minimum atomic E-state index is -0.770. The molecule has 0 saturated carbocycles. The van der Waals surface area contributed by atoms with E-state index in [1.807, 2.05) is 19.1 Å². The summed E-state index contributed by atoms with van der Waals surface area (Å²) in [6, 6.07) is 5.43. The second-order valence-electron chi connectivity index (χ2n) is 5.36. The van der Waals surface area contributed by atoms with Crippen LogP contribution in [0, 0.1) is 12.8 Å². The van der Waals surface area contributed by atoms with Crippen molar-refractivity contribution in [3.63, 3.8) is 0 Å². The average molecular weight is 276 g/mol. The molecular formula is C15H20N2O3. The topological polar surface area (TPSA) is 70.5 Å². The SMILES string of the molecule is Cc1cccc(C(=O)N2CCCC(CCC(=O)O)C2)n1. The summed E-state index contributed by atoms with van der Waals surface area (Å²) in [5.41, 5.74) is 1.30. The van der Waals surface area contributed by atoms with E-state index in [1.54, 1.807) is 11.0 Å². The first kappa shape index (κ1) is 14.5. The molecule has 1 saturated heterocycles. The van der Waals surface area contributed by atoms with Crippen LogP contribution in [0.3, 0.4) is 0 Å². The normalized spacial score (nSPS) is 18.9. The van der Waals surface area contributed by atoms with E-state index in [1.165, 1.54) is 0 Å². The minimum absolute atomic E-state index is 0.0475. The van der Waals surface area contributed by atoms with E-state index in [0.717, 1.165) is 25.1 Å². The Hall–Kier alpha value is -1.91. The molecule has 0 radical (unpaired) electrons. The molecule has 108 valence electrons. The van der Waals surface area contributed by atoms with Gasteiger partial charge in [0, 0.05) is 25.2 Å². The van der Waals surface area contributed by atoms with Crippen molar-refractivity contribution in [2.45, 2.75) is 32.6 Å². The Morgan fingerprint density at radius 3 is 2.95 bits per heavy atom. The van der Waals surface area contributed by atoms with Crippen molar-refractivity contribution in [3.05, 3.63) is 29.6 Å². The highest BCUT2D eigenvalue weighted by molar-refractivity contribution is 5.92. The van der Waals surface area contributed by atoms with Gasteiger partial charge in [-0.05, 0) is 44.2 Å². The summed E-state index contributed by atoms with van der Waals surface area (Å²) < 4.78 is 0. The number of carbonyl (C=O) groups is 2. The molecule has 1 aromatic heterocycles. The molecule has 0 aromatic carbocycles. The second kappa shape index (κ2) is 6.50. The highest BCUT2D eigenvalue weighted by Gasteiger charge is 2.25. The number of likely N-dealkylation sites (tertiary alicyclic amines) is 1. The average Bonchev–Trinajstić information content (AvgIpc) is 2.44. The molecule has 1 N–H and O–H groups in total. The van der Waals surface area contributed by atoms with E-state index >= 15 is 0 Å². The van der Waals surface area contributed by atoms with Crippen LogP contribution in [0.5, 0.6) is 0 Å². The Bertz CT molecular complexity index is 502. The summed E-state index contributed by atoms with van der Waals surface area (Å²) in [6.45, 7) is 3.24. The Morgan fingerprint density at radius 2 is 2.25 bits per heavy atom. The molecule has 1 aliphatic rings. The monoisotopic (exact) mass is 276 g/mol. The maximum atomic E-state index is 12.4. The molecule has 1 amide bonds. The Morgan fingerprint density at radius 1 is 1.45 bits per heavy atom. The number of aromatic nitrogens is 1. The molecule has 1 atom stereocenters. The maximum absolute atomic E-state index is 12.4. The summed E-state index contributed by atoms with van der Waals surface area (Å²) in [4.78, 5) is 29.1. The quantitative estimate of drug-likeness (QED) is 0.914. The molecule has 0 bridgehead atoms. The van der Waals surface area contributed by atoms with Gasteiger partial charge in [0.1, 0.15) is 5.69 Å². The van der Waals surface area contributed by atoms with Crippen molar-refractivity contribution in [2.75, 3.05) is 13.1 Å². The van der Waals surface area contributed by atoms with E-state index in [9.17, 15) is 9.59 Å². The zero-order chi connectivity index (χ0) is 14.5. The third-order valence-corrected chi connectivity index (χ3v) is 3.68. The zero-order valence-electron chi connectivity index (χ0n) is 11.7. The fourth-order valence-corrected chi connectivity index (χ4v) is 2.64. The van der Waals surface area contributed by atoms with Gasteiger partial charge in [-0.1, -0.05) is 6.07 Å². The molecule has 0 spiro atoms. The van der Waals surface area contributed by atoms with E-state index in [-0.39, 0.29) is 18.2 Å². The molecular weight excluding hydrogens is 256 g/mol. The van der Waals surface area contributed by atoms with Crippen molar-refractivity contribution in [1.29, 1.82) is 0 Å². The van der Waals surface area contributed by atoms with Gasteiger partial charge in [-0.15, -0.1) is 0 Å². The van der Waals surface area contributed by atoms with Crippen molar-refractivity contribution in [1.82, 2.24) is 9.88 Å². The number of carboxylic acids is 1. The highest BCUT2D eigenvalue weighted by atomic mass is 16.4. The van der Waals surface area contributed by atoms with E-state index < -0.39 is 5.97 Å². The first-order valence-corrected chi connectivity index (χ1v) is 7.01. The predicted octanol–water partition coefficient (Wildman–Crippen LogP) is 2.11. The smallest absolute Gasteiger partial charge is 0.303 e. The summed E-state index contributed by atoms with van der Waals surface area (Å²) >= 11 is 0. The first-order valence-electron chi connectivity index (χ1n) is 7.01.